The number of carbonyl (C=O) groups excluding carboxylic acids is 3. The number of fused-ring (bicyclic) bond motifs is 2. The third-order valence-corrected chi connectivity index (χ3v) is 5.44. The molecular weight excluding hydrogens is 378 g/mol. The van der Waals surface area contributed by atoms with E-state index in [0.717, 1.165) is 10.2 Å². The van der Waals surface area contributed by atoms with Crippen molar-refractivity contribution < 1.29 is 19.1 Å². The quantitative estimate of drug-likeness (QED) is 0.688. The first kappa shape index (κ1) is 18.1. The first-order valence-electron chi connectivity index (χ1n) is 8.62. The Labute approximate surface area is 164 Å². The molecular formula is C20H17N3O4S. The van der Waals surface area contributed by atoms with Crippen LogP contribution in [0.3, 0.4) is 0 Å². The second kappa shape index (κ2) is 6.72. The highest BCUT2D eigenvalue weighted by Crippen LogP contribution is 2.36. The Morgan fingerprint density at radius 2 is 2.00 bits per heavy atom. The SMILES string of the molecule is CC1(C)C(=O)Nc2ccccc2N1C(=O)COC(=O)c1ccc2ncsc2c1. The van der Waals surface area contributed by atoms with E-state index in [1.807, 2.05) is 0 Å². The minimum atomic E-state index is -1.11. The Kier molecular flexibility index (Phi) is 4.35. The third-order valence-electron chi connectivity index (χ3n) is 4.65. The van der Waals surface area contributed by atoms with Crippen LogP contribution in [-0.2, 0) is 14.3 Å². The highest BCUT2D eigenvalue weighted by atomic mass is 32.1. The van der Waals surface area contributed by atoms with Crippen molar-refractivity contribution in [1.82, 2.24) is 4.98 Å². The Hall–Kier alpha value is -3.26. The van der Waals surface area contributed by atoms with E-state index >= 15 is 0 Å². The molecule has 2 amide bonds. The predicted molar refractivity (Wildman–Crippen MR) is 107 cm³/mol. The molecule has 1 aromatic heterocycles. The van der Waals surface area contributed by atoms with Gasteiger partial charge < -0.3 is 10.1 Å². The number of hydrogen-bond donors (Lipinski definition) is 1. The number of carbonyl (C=O) groups is 3. The lowest BCUT2D eigenvalue weighted by Crippen LogP contribution is -2.59. The van der Waals surface area contributed by atoms with Gasteiger partial charge in [-0.05, 0) is 44.2 Å². The number of benzene rings is 2. The minimum Gasteiger partial charge on any atom is -0.452 e. The fourth-order valence-corrected chi connectivity index (χ4v) is 3.87. The van der Waals surface area contributed by atoms with Crippen LogP contribution in [0.15, 0.2) is 48.0 Å². The monoisotopic (exact) mass is 395 g/mol. The number of ether oxygens (including phenoxy) is 1. The van der Waals surface area contributed by atoms with E-state index in [1.54, 1.807) is 61.8 Å². The maximum Gasteiger partial charge on any atom is 0.338 e. The van der Waals surface area contributed by atoms with Crippen molar-refractivity contribution in [3.05, 3.63) is 53.5 Å². The number of nitrogens with one attached hydrogen (secondary N) is 1. The largest absolute Gasteiger partial charge is 0.452 e. The second-order valence-electron chi connectivity index (χ2n) is 6.87. The summed E-state index contributed by atoms with van der Waals surface area (Å²) in [5.74, 6) is -1.38. The molecule has 0 fully saturated rings. The summed E-state index contributed by atoms with van der Waals surface area (Å²) < 4.78 is 6.10. The molecule has 1 aliphatic heterocycles. The van der Waals surface area contributed by atoms with Crippen molar-refractivity contribution in [3.8, 4) is 0 Å². The molecule has 1 aliphatic rings. The van der Waals surface area contributed by atoms with Crippen LogP contribution in [0, 0.1) is 0 Å². The highest BCUT2D eigenvalue weighted by molar-refractivity contribution is 7.16. The summed E-state index contributed by atoms with van der Waals surface area (Å²) >= 11 is 1.42. The lowest BCUT2D eigenvalue weighted by atomic mass is 9.96. The van der Waals surface area contributed by atoms with Crippen LogP contribution in [0.2, 0.25) is 0 Å². The van der Waals surface area contributed by atoms with Gasteiger partial charge in [-0.2, -0.15) is 0 Å². The van der Waals surface area contributed by atoms with Crippen molar-refractivity contribution >= 4 is 50.7 Å². The lowest BCUT2D eigenvalue weighted by Gasteiger charge is -2.41. The molecule has 0 radical (unpaired) electrons. The van der Waals surface area contributed by atoms with Gasteiger partial charge in [-0.25, -0.2) is 9.78 Å². The number of hydrogen-bond acceptors (Lipinski definition) is 6. The van der Waals surface area contributed by atoms with Crippen LogP contribution in [0.25, 0.3) is 10.2 Å². The van der Waals surface area contributed by atoms with Crippen LogP contribution in [-0.4, -0.2) is 34.9 Å². The normalized spacial score (nSPS) is 15.1. The molecule has 0 atom stereocenters. The Balaban J connectivity index is 1.54. The van der Waals surface area contributed by atoms with E-state index in [0.29, 0.717) is 16.9 Å². The molecule has 3 aromatic rings. The molecule has 2 aromatic carbocycles. The van der Waals surface area contributed by atoms with Gasteiger partial charge >= 0.3 is 5.97 Å². The molecule has 4 rings (SSSR count). The van der Waals surface area contributed by atoms with Gasteiger partial charge in [0.15, 0.2) is 6.61 Å². The topological polar surface area (TPSA) is 88.6 Å². The number of thiazole rings is 1. The molecule has 0 bridgehead atoms. The van der Waals surface area contributed by atoms with Crippen LogP contribution in [0.5, 0.6) is 0 Å². The average molecular weight is 395 g/mol. The van der Waals surface area contributed by atoms with Gasteiger partial charge in [-0.1, -0.05) is 12.1 Å². The molecule has 0 unspecified atom stereocenters. The zero-order chi connectivity index (χ0) is 19.9. The zero-order valence-electron chi connectivity index (χ0n) is 15.3. The fraction of sp³-hybridized carbons (Fsp3) is 0.200. The Bertz CT molecular complexity index is 1110. The molecule has 2 heterocycles. The Morgan fingerprint density at radius 1 is 1.21 bits per heavy atom. The molecule has 1 N–H and O–H groups in total. The maximum absolute atomic E-state index is 12.9. The predicted octanol–water partition coefficient (Wildman–Crippen LogP) is 3.22. The standard InChI is InChI=1S/C20H17N3O4S/c1-20(2)19(26)22-13-5-3-4-6-15(13)23(20)17(24)10-27-18(25)12-7-8-14-16(9-12)28-11-21-14/h3-9,11H,10H2,1-2H3,(H,22,26). The first-order chi connectivity index (χ1) is 13.4. The van der Waals surface area contributed by atoms with Gasteiger partial charge in [0.25, 0.3) is 5.91 Å². The molecule has 0 spiro atoms. The van der Waals surface area contributed by atoms with Gasteiger partial charge in [0.1, 0.15) is 5.54 Å². The molecule has 0 saturated heterocycles. The number of esters is 1. The van der Waals surface area contributed by atoms with E-state index in [2.05, 4.69) is 10.3 Å². The smallest absolute Gasteiger partial charge is 0.338 e. The number of aromatic nitrogens is 1. The Morgan fingerprint density at radius 3 is 2.82 bits per heavy atom. The van der Waals surface area contributed by atoms with Crippen LogP contribution in [0.4, 0.5) is 11.4 Å². The van der Waals surface area contributed by atoms with Crippen molar-refractivity contribution in [2.75, 3.05) is 16.8 Å². The van der Waals surface area contributed by atoms with Crippen LogP contribution < -0.4 is 10.2 Å². The van der Waals surface area contributed by atoms with Crippen molar-refractivity contribution in [2.45, 2.75) is 19.4 Å². The summed E-state index contributed by atoms with van der Waals surface area (Å²) in [6.45, 7) is 2.83. The zero-order valence-corrected chi connectivity index (χ0v) is 16.1. The van der Waals surface area contributed by atoms with Gasteiger partial charge in [0.2, 0.25) is 5.91 Å². The van der Waals surface area contributed by atoms with Gasteiger partial charge in [0, 0.05) is 0 Å². The molecule has 142 valence electrons. The summed E-state index contributed by atoms with van der Waals surface area (Å²) in [7, 11) is 0. The number of para-hydroxylation sites is 2. The van der Waals surface area contributed by atoms with E-state index in [9.17, 15) is 14.4 Å². The molecule has 7 nitrogen and oxygen atoms in total. The van der Waals surface area contributed by atoms with Crippen molar-refractivity contribution in [3.63, 3.8) is 0 Å². The second-order valence-corrected chi connectivity index (χ2v) is 7.76. The first-order valence-corrected chi connectivity index (χ1v) is 9.50. The molecule has 28 heavy (non-hydrogen) atoms. The van der Waals surface area contributed by atoms with E-state index in [1.165, 1.54) is 16.2 Å². The molecule has 0 aliphatic carbocycles. The van der Waals surface area contributed by atoms with Crippen LogP contribution in [0.1, 0.15) is 24.2 Å². The lowest BCUT2D eigenvalue weighted by molar-refractivity contribution is -0.128. The highest BCUT2D eigenvalue weighted by Gasteiger charge is 2.43. The summed E-state index contributed by atoms with van der Waals surface area (Å²) in [5, 5.41) is 2.79. The number of nitrogens with zero attached hydrogens (tertiary/aromatic N) is 2. The van der Waals surface area contributed by atoms with E-state index < -0.39 is 24.0 Å². The summed E-state index contributed by atoms with van der Waals surface area (Å²) in [6.07, 6.45) is 0. The molecule has 8 heteroatoms. The summed E-state index contributed by atoms with van der Waals surface area (Å²) in [5.41, 5.74) is 2.85. The summed E-state index contributed by atoms with van der Waals surface area (Å²) in [6, 6.07) is 12.1. The molecule has 0 saturated carbocycles. The number of amides is 2. The summed E-state index contributed by atoms with van der Waals surface area (Å²) in [4.78, 5) is 43.2. The van der Waals surface area contributed by atoms with Crippen molar-refractivity contribution in [1.29, 1.82) is 0 Å². The van der Waals surface area contributed by atoms with Gasteiger partial charge in [0.05, 0.1) is 32.7 Å². The minimum absolute atomic E-state index is 0.304. The van der Waals surface area contributed by atoms with Gasteiger partial charge in [-0.15, -0.1) is 11.3 Å². The van der Waals surface area contributed by atoms with Crippen molar-refractivity contribution in [2.24, 2.45) is 0 Å². The van der Waals surface area contributed by atoms with Crippen LogP contribution >= 0.6 is 11.3 Å². The maximum atomic E-state index is 12.9. The van der Waals surface area contributed by atoms with Gasteiger partial charge in [-0.3, -0.25) is 14.5 Å². The number of anilines is 2. The third kappa shape index (κ3) is 3.01. The average Bonchev–Trinajstić information content (AvgIpc) is 3.14. The van der Waals surface area contributed by atoms with E-state index in [-0.39, 0.29) is 5.91 Å². The fourth-order valence-electron chi connectivity index (χ4n) is 3.16. The number of rotatable bonds is 3. The van der Waals surface area contributed by atoms with E-state index in [4.69, 9.17) is 4.74 Å².